The van der Waals surface area contributed by atoms with E-state index in [4.69, 9.17) is 0 Å². The summed E-state index contributed by atoms with van der Waals surface area (Å²) in [5, 5.41) is 14.0. The van der Waals surface area contributed by atoms with Gasteiger partial charge >= 0.3 is 0 Å². The van der Waals surface area contributed by atoms with Crippen LogP contribution in [0, 0.1) is 0 Å². The minimum absolute atomic E-state index is 0.115. The van der Waals surface area contributed by atoms with Crippen LogP contribution in [0.5, 0.6) is 0 Å². The summed E-state index contributed by atoms with van der Waals surface area (Å²) in [5.74, 6) is -0.115. The highest BCUT2D eigenvalue weighted by Gasteiger charge is 2.07. The number of carbonyl (C=O) groups is 1. The lowest BCUT2D eigenvalue weighted by atomic mass is 10.2. The second kappa shape index (κ2) is 7.14. The molecule has 0 fully saturated rings. The second-order valence-electron chi connectivity index (χ2n) is 5.84. The lowest BCUT2D eigenvalue weighted by Gasteiger charge is -2.08. The molecule has 2 aromatic carbocycles. The van der Waals surface area contributed by atoms with Crippen molar-refractivity contribution in [1.82, 2.24) is 35.1 Å². The van der Waals surface area contributed by atoms with Crippen LogP contribution in [-0.2, 0) is 6.54 Å². The van der Waals surface area contributed by atoms with Gasteiger partial charge in [0.1, 0.15) is 6.33 Å². The van der Waals surface area contributed by atoms with Crippen molar-refractivity contribution in [1.29, 1.82) is 0 Å². The fourth-order valence-electron chi connectivity index (χ4n) is 2.81. The number of imidazole rings is 1. The molecule has 0 aliphatic heterocycles. The van der Waals surface area contributed by atoms with E-state index < -0.39 is 0 Å². The van der Waals surface area contributed by atoms with Gasteiger partial charge in [0.05, 0.1) is 23.0 Å². The zero-order chi connectivity index (χ0) is 17.8. The minimum atomic E-state index is -0.115. The van der Waals surface area contributed by atoms with Crippen molar-refractivity contribution in [3.63, 3.8) is 0 Å². The van der Waals surface area contributed by atoms with Crippen molar-refractivity contribution in [3.8, 4) is 5.69 Å². The van der Waals surface area contributed by atoms with Gasteiger partial charge in [-0.1, -0.05) is 18.2 Å². The zero-order valence-electron chi connectivity index (χ0n) is 14.0. The molecule has 0 unspecified atom stereocenters. The van der Waals surface area contributed by atoms with Gasteiger partial charge in [-0.15, -0.1) is 5.10 Å². The molecule has 0 atom stereocenters. The third-order valence-corrected chi connectivity index (χ3v) is 4.11. The molecular weight excluding hydrogens is 330 g/mol. The van der Waals surface area contributed by atoms with E-state index in [9.17, 15) is 4.79 Å². The molecule has 4 rings (SSSR count). The summed E-state index contributed by atoms with van der Waals surface area (Å²) >= 11 is 0. The fraction of sp³-hybridized carbons (Fsp3) is 0.167. The van der Waals surface area contributed by atoms with Crippen LogP contribution in [0.15, 0.2) is 61.2 Å². The molecule has 0 radical (unpaired) electrons. The van der Waals surface area contributed by atoms with Crippen molar-refractivity contribution in [2.24, 2.45) is 0 Å². The topological polar surface area (TPSA) is 90.5 Å². The highest BCUT2D eigenvalue weighted by molar-refractivity contribution is 5.94. The van der Waals surface area contributed by atoms with Crippen molar-refractivity contribution in [2.45, 2.75) is 13.0 Å². The molecule has 0 bridgehead atoms. The largest absolute Gasteiger partial charge is 0.352 e. The number of rotatable bonds is 6. The summed E-state index contributed by atoms with van der Waals surface area (Å²) in [6.45, 7) is 1.38. The van der Waals surface area contributed by atoms with Crippen LogP contribution in [-0.4, -0.2) is 42.2 Å². The third-order valence-electron chi connectivity index (χ3n) is 4.11. The first-order chi connectivity index (χ1) is 12.8. The number of hydrogen-bond acceptors (Lipinski definition) is 5. The zero-order valence-corrected chi connectivity index (χ0v) is 14.0. The van der Waals surface area contributed by atoms with Crippen LogP contribution in [0.3, 0.4) is 0 Å². The average molecular weight is 347 g/mol. The van der Waals surface area contributed by atoms with Crippen molar-refractivity contribution < 1.29 is 4.79 Å². The summed E-state index contributed by atoms with van der Waals surface area (Å²) in [4.78, 5) is 16.7. The van der Waals surface area contributed by atoms with Gasteiger partial charge in [-0.25, -0.2) is 9.67 Å². The first-order valence-corrected chi connectivity index (χ1v) is 8.33. The van der Waals surface area contributed by atoms with Crippen molar-refractivity contribution in [3.05, 3.63) is 66.7 Å². The molecule has 1 amide bonds. The highest BCUT2D eigenvalue weighted by atomic mass is 16.1. The molecule has 26 heavy (non-hydrogen) atoms. The molecule has 0 aliphatic carbocycles. The molecular formula is C18H17N7O. The summed E-state index contributed by atoms with van der Waals surface area (Å²) in [5.41, 5.74) is 3.41. The van der Waals surface area contributed by atoms with E-state index in [1.54, 1.807) is 12.1 Å². The molecule has 8 heteroatoms. The Kier molecular flexibility index (Phi) is 4.38. The van der Waals surface area contributed by atoms with E-state index >= 15 is 0 Å². The Morgan fingerprint density at radius 1 is 1.08 bits per heavy atom. The molecule has 0 saturated carbocycles. The summed E-state index contributed by atoms with van der Waals surface area (Å²) < 4.78 is 3.61. The van der Waals surface area contributed by atoms with E-state index in [0.717, 1.165) is 29.7 Å². The van der Waals surface area contributed by atoms with Crippen LogP contribution in [0.25, 0.3) is 16.7 Å². The number of carbonyl (C=O) groups excluding carboxylic acids is 1. The normalized spacial score (nSPS) is 10.9. The summed E-state index contributed by atoms with van der Waals surface area (Å²) in [6, 6.07) is 15.2. The number of tetrazole rings is 1. The molecule has 4 aromatic rings. The molecule has 0 saturated heterocycles. The summed E-state index contributed by atoms with van der Waals surface area (Å²) in [7, 11) is 0. The Labute approximate surface area is 149 Å². The number of fused-ring (bicyclic) bond motifs is 1. The van der Waals surface area contributed by atoms with Gasteiger partial charge in [-0.2, -0.15) is 0 Å². The van der Waals surface area contributed by atoms with E-state index in [0.29, 0.717) is 12.1 Å². The predicted octanol–water partition coefficient (Wildman–Crippen LogP) is 1.83. The molecule has 2 aromatic heterocycles. The van der Waals surface area contributed by atoms with Crippen LogP contribution in [0.1, 0.15) is 16.8 Å². The number of aromatic nitrogens is 6. The monoisotopic (exact) mass is 347 g/mol. The Bertz CT molecular complexity index is 1020. The predicted molar refractivity (Wildman–Crippen MR) is 95.8 cm³/mol. The molecule has 2 heterocycles. The summed E-state index contributed by atoms with van der Waals surface area (Å²) in [6.07, 6.45) is 4.15. The Morgan fingerprint density at radius 3 is 2.88 bits per heavy atom. The maximum Gasteiger partial charge on any atom is 0.251 e. The van der Waals surface area contributed by atoms with Gasteiger partial charge in [-0.05, 0) is 47.2 Å². The van der Waals surface area contributed by atoms with Gasteiger partial charge in [0.15, 0.2) is 0 Å². The number of nitrogens with zero attached hydrogens (tertiary/aromatic N) is 6. The van der Waals surface area contributed by atoms with E-state index in [1.807, 2.05) is 42.7 Å². The molecule has 130 valence electrons. The lowest BCUT2D eigenvalue weighted by Crippen LogP contribution is -2.25. The van der Waals surface area contributed by atoms with Gasteiger partial charge in [0.25, 0.3) is 5.91 Å². The number of hydrogen-bond donors (Lipinski definition) is 1. The molecule has 0 spiro atoms. The van der Waals surface area contributed by atoms with Gasteiger partial charge < -0.3 is 9.88 Å². The standard InChI is InChI=1S/C18H17N7O/c26-18(14-5-3-6-15(11-14)25-13-21-22-23-25)19-9-4-10-24-12-20-16-7-1-2-8-17(16)24/h1-3,5-8,11-13H,4,9-10H2,(H,19,26). The van der Waals surface area contributed by atoms with Crippen molar-refractivity contribution >= 4 is 16.9 Å². The number of para-hydroxylation sites is 2. The molecule has 1 N–H and O–H groups in total. The Hall–Kier alpha value is -3.55. The lowest BCUT2D eigenvalue weighted by molar-refractivity contribution is 0.0952. The number of benzene rings is 2. The van der Waals surface area contributed by atoms with Crippen LogP contribution in [0.2, 0.25) is 0 Å². The van der Waals surface area contributed by atoms with Crippen LogP contribution >= 0.6 is 0 Å². The van der Waals surface area contributed by atoms with E-state index in [1.165, 1.54) is 11.0 Å². The maximum atomic E-state index is 12.3. The SMILES string of the molecule is O=C(NCCCn1cnc2ccccc21)c1cccc(-n2cnnn2)c1. The van der Waals surface area contributed by atoms with Crippen LogP contribution in [0.4, 0.5) is 0 Å². The second-order valence-corrected chi connectivity index (χ2v) is 5.84. The first kappa shape index (κ1) is 15.9. The van der Waals surface area contributed by atoms with Gasteiger partial charge in [0, 0.05) is 18.7 Å². The number of nitrogens with one attached hydrogen (secondary N) is 1. The Balaban J connectivity index is 1.34. The molecule has 0 aliphatic rings. The van der Waals surface area contributed by atoms with Crippen molar-refractivity contribution in [2.75, 3.05) is 6.54 Å². The van der Waals surface area contributed by atoms with Gasteiger partial charge in [-0.3, -0.25) is 4.79 Å². The van der Waals surface area contributed by atoms with E-state index in [2.05, 4.69) is 30.4 Å². The highest BCUT2D eigenvalue weighted by Crippen LogP contribution is 2.12. The van der Waals surface area contributed by atoms with Crippen LogP contribution < -0.4 is 5.32 Å². The fourth-order valence-corrected chi connectivity index (χ4v) is 2.81. The average Bonchev–Trinajstić information content (AvgIpc) is 3.35. The maximum absolute atomic E-state index is 12.3. The smallest absolute Gasteiger partial charge is 0.251 e. The minimum Gasteiger partial charge on any atom is -0.352 e. The Morgan fingerprint density at radius 2 is 2.00 bits per heavy atom. The van der Waals surface area contributed by atoms with E-state index in [-0.39, 0.29) is 5.91 Å². The first-order valence-electron chi connectivity index (χ1n) is 8.33. The quantitative estimate of drug-likeness (QED) is 0.537. The third kappa shape index (κ3) is 3.30. The molecule has 8 nitrogen and oxygen atoms in total. The number of amides is 1. The van der Waals surface area contributed by atoms with Gasteiger partial charge in [0.2, 0.25) is 0 Å². The number of aryl methyl sites for hydroxylation is 1.